The molecule has 2 atom stereocenters. The average molecular weight is 835 g/mol. The van der Waals surface area contributed by atoms with Crippen molar-refractivity contribution >= 4 is 12.2 Å². The van der Waals surface area contributed by atoms with Crippen LogP contribution in [0.5, 0.6) is 0 Å². The molecule has 0 radical (unpaired) electrons. The Morgan fingerprint density at radius 3 is 1.24 bits per heavy atom. The van der Waals surface area contributed by atoms with E-state index in [0.717, 1.165) is 19.1 Å². The van der Waals surface area contributed by atoms with Gasteiger partial charge in [-0.15, -0.1) is 0 Å². The fourth-order valence-corrected chi connectivity index (χ4v) is 27.5. The third kappa shape index (κ3) is 7.27. The Balaban J connectivity index is 0.00000225. The summed E-state index contributed by atoms with van der Waals surface area (Å²) in [4.78, 5) is 0. The average Bonchev–Trinajstić information content (AvgIpc) is 3.77. The van der Waals surface area contributed by atoms with Crippen LogP contribution in [0.15, 0.2) is 96.1 Å². The van der Waals surface area contributed by atoms with Crippen molar-refractivity contribution in [3.63, 3.8) is 0 Å². The van der Waals surface area contributed by atoms with Gasteiger partial charge in [0, 0.05) is 0 Å². The summed E-state index contributed by atoms with van der Waals surface area (Å²) >= 11 is -2.99. The van der Waals surface area contributed by atoms with E-state index in [4.69, 9.17) is 0 Å². The van der Waals surface area contributed by atoms with E-state index >= 15 is 0 Å². The van der Waals surface area contributed by atoms with Crippen LogP contribution in [0.2, 0.25) is 8.26 Å². The Hall–Kier alpha value is -2.18. The standard InChI is InChI=1S/2C24H27.C3H6.2ClH.Zr/c2*1-2-7-18-12-14-20(15-13-18)23-11-6-10-21-16-22(17-24(21)23)19-8-4-3-5-9-19;1-3-2;;;/h2*6,10-17,19H,2-5,7-9H2,1H3;1-3H2;2*1H;/q;;;;;+2/p-2. The van der Waals surface area contributed by atoms with Crippen LogP contribution in [0.3, 0.4) is 0 Å². The number of fused-ring (bicyclic) bond motifs is 2. The molecule has 1 heterocycles. The second-order valence-electron chi connectivity index (χ2n) is 17.4. The summed E-state index contributed by atoms with van der Waals surface area (Å²) in [5, 5.41) is 0. The molecular weight excluding hydrogens is 775 g/mol. The second-order valence-corrected chi connectivity index (χ2v) is 28.8. The predicted molar refractivity (Wildman–Crippen MR) is 221 cm³/mol. The van der Waals surface area contributed by atoms with Gasteiger partial charge >= 0.3 is 322 Å². The minimum Gasteiger partial charge on any atom is -1.00 e. The van der Waals surface area contributed by atoms with Gasteiger partial charge in [0.25, 0.3) is 0 Å². The van der Waals surface area contributed by atoms with Crippen molar-refractivity contribution in [2.24, 2.45) is 11.8 Å². The predicted octanol–water partition coefficient (Wildman–Crippen LogP) is 9.06. The van der Waals surface area contributed by atoms with E-state index in [-0.39, 0.29) is 24.8 Å². The number of allylic oxidation sites excluding steroid dienone is 2. The topological polar surface area (TPSA) is 0 Å². The van der Waals surface area contributed by atoms with E-state index in [1.807, 2.05) is 11.1 Å². The summed E-state index contributed by atoms with van der Waals surface area (Å²) in [5.41, 5.74) is 19.2. The second kappa shape index (κ2) is 17.5. The van der Waals surface area contributed by atoms with Crippen LogP contribution in [0.4, 0.5) is 0 Å². The van der Waals surface area contributed by atoms with Gasteiger partial charge in [0.1, 0.15) is 0 Å². The summed E-state index contributed by atoms with van der Waals surface area (Å²) in [7, 11) is 0. The zero-order chi connectivity index (χ0) is 35.1. The van der Waals surface area contributed by atoms with Crippen molar-refractivity contribution < 1.29 is 45.1 Å². The Bertz CT molecular complexity index is 1810. The number of aryl methyl sites for hydroxylation is 2. The number of hydrogen-bond donors (Lipinski definition) is 0. The normalized spacial score (nSPS) is 21.3. The van der Waals surface area contributed by atoms with Gasteiger partial charge in [0.2, 0.25) is 0 Å². The Morgan fingerprint density at radius 2 is 0.889 bits per heavy atom. The molecule has 4 aromatic rings. The molecule has 1 saturated heterocycles. The van der Waals surface area contributed by atoms with E-state index in [0.29, 0.717) is 0 Å². The minimum absolute atomic E-state index is 0. The first kappa shape index (κ1) is 40.0. The van der Waals surface area contributed by atoms with E-state index in [1.165, 1.54) is 130 Å². The molecule has 0 spiro atoms. The SMILES string of the molecule is CCCc1ccc(-c2cccc3c2C=C(C2CCCCC2)[CH]3[Zr+2]2([CH]3C(C4CCCCC4)=Cc4c(-c5ccc(CCC)cc5)cccc43)[CH2]C[CH2]2)cc1.[Cl-].[Cl-]. The zero-order valence-electron chi connectivity index (χ0n) is 32.8. The molecule has 0 amide bonds. The van der Waals surface area contributed by atoms with Crippen molar-refractivity contribution in [1.29, 1.82) is 0 Å². The smallest absolute Gasteiger partial charge is 1.00 e. The van der Waals surface area contributed by atoms with Crippen molar-refractivity contribution in [1.82, 2.24) is 0 Å². The maximum Gasteiger partial charge on any atom is -1.00 e. The van der Waals surface area contributed by atoms with Gasteiger partial charge in [-0.2, -0.15) is 0 Å². The van der Waals surface area contributed by atoms with E-state index in [1.54, 1.807) is 30.5 Å². The fourth-order valence-electron chi connectivity index (χ4n) is 11.8. The number of rotatable bonds is 10. The number of hydrogen-bond acceptors (Lipinski definition) is 0. The minimum atomic E-state index is -2.99. The summed E-state index contributed by atoms with van der Waals surface area (Å²) in [6.45, 7) is 4.59. The van der Waals surface area contributed by atoms with Crippen LogP contribution in [0, 0.1) is 11.8 Å². The molecule has 5 aliphatic rings. The van der Waals surface area contributed by atoms with Crippen LogP contribution in [-0.4, -0.2) is 0 Å². The maximum absolute atomic E-state index is 2.99. The van der Waals surface area contributed by atoms with Crippen LogP contribution in [-0.2, 0) is 33.1 Å². The molecule has 1 aliphatic heterocycles. The van der Waals surface area contributed by atoms with E-state index in [9.17, 15) is 0 Å². The van der Waals surface area contributed by atoms with Gasteiger partial charge in [-0.05, 0) is 0 Å². The maximum atomic E-state index is 2.82. The summed E-state index contributed by atoms with van der Waals surface area (Å²) in [5.74, 6) is 1.55. The molecular formula is C51H60Cl2Zr. The molecule has 0 aromatic heterocycles. The molecule has 2 unspecified atom stereocenters. The van der Waals surface area contributed by atoms with Crippen LogP contribution < -0.4 is 24.8 Å². The van der Waals surface area contributed by atoms with Gasteiger partial charge in [0.15, 0.2) is 0 Å². The molecule has 3 heteroatoms. The molecule has 9 rings (SSSR count). The van der Waals surface area contributed by atoms with Gasteiger partial charge in [-0.1, -0.05) is 0 Å². The molecule has 2 saturated carbocycles. The first-order chi connectivity index (χ1) is 25.7. The van der Waals surface area contributed by atoms with Gasteiger partial charge < -0.3 is 24.8 Å². The largest absolute Gasteiger partial charge is 1.00 e. The Labute approximate surface area is 344 Å². The van der Waals surface area contributed by atoms with Crippen LogP contribution >= 0.6 is 0 Å². The number of benzene rings is 4. The van der Waals surface area contributed by atoms with Gasteiger partial charge in [-0.3, -0.25) is 0 Å². The van der Waals surface area contributed by atoms with Crippen molar-refractivity contribution in [2.45, 2.75) is 126 Å². The first-order valence-electron chi connectivity index (χ1n) is 21.6. The number of halogens is 2. The molecule has 4 aromatic carbocycles. The Kier molecular flexibility index (Phi) is 13.0. The van der Waals surface area contributed by atoms with Gasteiger partial charge in [-0.25, -0.2) is 0 Å². The molecule has 0 nitrogen and oxygen atoms in total. The molecule has 54 heavy (non-hydrogen) atoms. The summed E-state index contributed by atoms with van der Waals surface area (Å²) < 4.78 is 4.56. The fraction of sp³-hybridized carbons (Fsp3) is 0.451. The monoisotopic (exact) mass is 832 g/mol. The molecule has 0 bridgehead atoms. The van der Waals surface area contributed by atoms with Crippen molar-refractivity contribution in [2.75, 3.05) is 0 Å². The van der Waals surface area contributed by atoms with Crippen molar-refractivity contribution in [3.05, 3.63) is 129 Å². The molecule has 3 fully saturated rings. The van der Waals surface area contributed by atoms with E-state index in [2.05, 4.69) is 111 Å². The quantitative estimate of drug-likeness (QED) is 0.150. The zero-order valence-corrected chi connectivity index (χ0v) is 36.8. The van der Waals surface area contributed by atoms with E-state index < -0.39 is 20.3 Å². The van der Waals surface area contributed by atoms with Gasteiger partial charge in [0.05, 0.1) is 0 Å². The Morgan fingerprint density at radius 1 is 0.481 bits per heavy atom. The van der Waals surface area contributed by atoms with Crippen LogP contribution in [0.1, 0.15) is 138 Å². The first-order valence-corrected chi connectivity index (χ1v) is 27.9. The third-order valence-corrected chi connectivity index (χ3v) is 29.5. The third-order valence-electron chi connectivity index (χ3n) is 14.4. The van der Waals surface area contributed by atoms with Crippen LogP contribution in [0.25, 0.3) is 34.4 Å². The van der Waals surface area contributed by atoms with Crippen molar-refractivity contribution in [3.8, 4) is 22.3 Å². The molecule has 282 valence electrons. The molecule has 4 aliphatic carbocycles. The summed E-state index contributed by atoms with van der Waals surface area (Å²) in [6, 6.07) is 34.3. The summed E-state index contributed by atoms with van der Waals surface area (Å²) in [6.07, 6.45) is 26.0. The molecule has 0 N–H and O–H groups in total.